The predicted molar refractivity (Wildman–Crippen MR) is 120 cm³/mol. The van der Waals surface area contributed by atoms with Gasteiger partial charge in [0.25, 0.3) is 0 Å². The summed E-state index contributed by atoms with van der Waals surface area (Å²) in [6, 6.07) is 13.2. The van der Waals surface area contributed by atoms with Crippen LogP contribution in [0.25, 0.3) is 0 Å². The zero-order chi connectivity index (χ0) is 22.7. The van der Waals surface area contributed by atoms with E-state index < -0.39 is 18.2 Å². The molecule has 2 aliphatic heterocycles. The minimum absolute atomic E-state index is 0.0987. The Morgan fingerprint density at radius 2 is 1.91 bits per heavy atom. The number of benzene rings is 1. The molecule has 3 heterocycles. The highest BCUT2D eigenvalue weighted by atomic mass is 32.2. The Hall–Kier alpha value is -2.82. The highest BCUT2D eigenvalue weighted by Gasteiger charge is 2.51. The van der Waals surface area contributed by atoms with E-state index in [1.54, 1.807) is 19.4 Å². The fraction of sp³-hybridized carbons (Fsp3) is 0.409. The topological polar surface area (TPSA) is 107 Å². The second kappa shape index (κ2) is 9.76. The molecular weight excluding hydrogens is 430 g/mol. The van der Waals surface area contributed by atoms with E-state index in [1.165, 1.54) is 23.7 Å². The van der Waals surface area contributed by atoms with E-state index in [1.807, 2.05) is 36.4 Å². The van der Waals surface area contributed by atoms with Crippen molar-refractivity contribution >= 4 is 29.6 Å². The number of amides is 4. The summed E-state index contributed by atoms with van der Waals surface area (Å²) in [4.78, 5) is 40.5. The van der Waals surface area contributed by atoms with Crippen LogP contribution >= 0.6 is 11.8 Å². The van der Waals surface area contributed by atoms with Gasteiger partial charge in [-0.2, -0.15) is 0 Å². The molecule has 0 saturated carbocycles. The first-order valence-electron chi connectivity index (χ1n) is 10.5. The smallest absolute Gasteiger partial charge is 0.327 e. The second-order valence-electron chi connectivity index (χ2n) is 7.86. The molecule has 2 aliphatic rings. The minimum Gasteiger partial charge on any atom is -0.466 e. The van der Waals surface area contributed by atoms with Crippen molar-refractivity contribution < 1.29 is 18.8 Å². The number of imide groups is 1. The molecule has 170 valence electrons. The first-order valence-corrected chi connectivity index (χ1v) is 11.5. The summed E-state index contributed by atoms with van der Waals surface area (Å²) < 4.78 is 5.52. The van der Waals surface area contributed by atoms with Gasteiger partial charge >= 0.3 is 6.03 Å². The lowest BCUT2D eigenvalue weighted by Gasteiger charge is -2.49. The number of carbonyl (C=O) groups excluding carboxylic acids is 3. The maximum absolute atomic E-state index is 13.0. The molecule has 4 amide bonds. The maximum Gasteiger partial charge on any atom is 0.327 e. The van der Waals surface area contributed by atoms with Gasteiger partial charge in [-0.3, -0.25) is 25.1 Å². The van der Waals surface area contributed by atoms with Gasteiger partial charge in [0.05, 0.1) is 29.5 Å². The van der Waals surface area contributed by atoms with Crippen molar-refractivity contribution in [2.75, 3.05) is 26.4 Å². The van der Waals surface area contributed by atoms with Gasteiger partial charge in [0.1, 0.15) is 11.9 Å². The molecule has 10 heteroatoms. The van der Waals surface area contributed by atoms with Crippen molar-refractivity contribution in [2.45, 2.75) is 24.1 Å². The van der Waals surface area contributed by atoms with Gasteiger partial charge < -0.3 is 14.6 Å². The molecule has 3 N–H and O–H groups in total. The molecule has 0 spiro atoms. The highest BCUT2D eigenvalue weighted by Crippen LogP contribution is 2.34. The Balaban J connectivity index is 1.41. The standard InChI is InChI=1S/C22H27N5O4S/c1-26-19-17(21(29)27(2)22(26)30)20(25-18(24-19)15-9-6-12-31-15)32-13-16(28)23-11-10-14-7-4-3-5-8-14/h3-9,12,17-20,24-25H,10-11,13H2,1-2H3,(H,23,28). The average Bonchev–Trinajstić information content (AvgIpc) is 3.35. The molecule has 4 unspecified atom stereocenters. The zero-order valence-electron chi connectivity index (χ0n) is 18.0. The summed E-state index contributed by atoms with van der Waals surface area (Å²) in [6.45, 7) is 0.545. The average molecular weight is 458 g/mol. The van der Waals surface area contributed by atoms with Crippen LogP contribution < -0.4 is 16.0 Å². The molecule has 4 atom stereocenters. The molecule has 2 saturated heterocycles. The van der Waals surface area contributed by atoms with Crippen molar-refractivity contribution in [3.8, 4) is 0 Å². The summed E-state index contributed by atoms with van der Waals surface area (Å²) in [7, 11) is 3.15. The van der Waals surface area contributed by atoms with Crippen LogP contribution in [-0.4, -0.2) is 65.6 Å². The van der Waals surface area contributed by atoms with Crippen LogP contribution in [-0.2, 0) is 16.0 Å². The van der Waals surface area contributed by atoms with Crippen molar-refractivity contribution in [3.63, 3.8) is 0 Å². The predicted octanol–water partition coefficient (Wildman–Crippen LogP) is 1.36. The van der Waals surface area contributed by atoms with Crippen molar-refractivity contribution in [1.29, 1.82) is 0 Å². The third-order valence-corrected chi connectivity index (χ3v) is 6.97. The summed E-state index contributed by atoms with van der Waals surface area (Å²) in [5, 5.41) is 9.22. The van der Waals surface area contributed by atoms with Crippen molar-refractivity contribution in [2.24, 2.45) is 5.92 Å². The number of nitrogens with one attached hydrogen (secondary N) is 3. The van der Waals surface area contributed by atoms with E-state index in [0.717, 1.165) is 16.9 Å². The molecule has 9 nitrogen and oxygen atoms in total. The van der Waals surface area contributed by atoms with Gasteiger partial charge in [0.2, 0.25) is 11.8 Å². The first kappa shape index (κ1) is 22.4. The maximum atomic E-state index is 13.0. The normalized spacial score (nSPS) is 25.6. The summed E-state index contributed by atoms with van der Waals surface area (Å²) in [5.74, 6) is -0.0872. The van der Waals surface area contributed by atoms with E-state index in [0.29, 0.717) is 12.3 Å². The molecule has 0 aliphatic carbocycles. The van der Waals surface area contributed by atoms with Gasteiger partial charge in [0.15, 0.2) is 0 Å². The van der Waals surface area contributed by atoms with E-state index in [-0.39, 0.29) is 29.0 Å². The molecule has 1 aromatic carbocycles. The summed E-state index contributed by atoms with van der Waals surface area (Å²) >= 11 is 1.36. The summed E-state index contributed by atoms with van der Waals surface area (Å²) in [6.07, 6.45) is 1.42. The lowest BCUT2D eigenvalue weighted by Crippen LogP contribution is -2.72. The number of urea groups is 1. The Kier molecular flexibility index (Phi) is 6.83. The van der Waals surface area contributed by atoms with Gasteiger partial charge in [-0.25, -0.2) is 4.79 Å². The fourth-order valence-electron chi connectivity index (χ4n) is 4.03. The minimum atomic E-state index is -0.545. The first-order chi connectivity index (χ1) is 15.5. The SMILES string of the molecule is CN1C(=O)C2C(SCC(=O)NCCc3ccccc3)NC(c3ccco3)NC2N(C)C1=O. The monoisotopic (exact) mass is 457 g/mol. The Morgan fingerprint density at radius 1 is 1.12 bits per heavy atom. The molecular formula is C22H27N5O4S. The van der Waals surface area contributed by atoms with Gasteiger partial charge in [-0.15, -0.1) is 11.8 Å². The molecule has 2 fully saturated rings. The molecule has 0 bridgehead atoms. The van der Waals surface area contributed by atoms with Crippen LogP contribution in [0.3, 0.4) is 0 Å². The lowest BCUT2D eigenvalue weighted by molar-refractivity contribution is -0.140. The second-order valence-corrected chi connectivity index (χ2v) is 8.99. The molecule has 0 radical (unpaired) electrons. The lowest BCUT2D eigenvalue weighted by atomic mass is 9.97. The number of rotatable bonds is 7. The zero-order valence-corrected chi connectivity index (χ0v) is 18.8. The fourth-order valence-corrected chi connectivity index (χ4v) is 5.16. The quantitative estimate of drug-likeness (QED) is 0.576. The van der Waals surface area contributed by atoms with E-state index >= 15 is 0 Å². The van der Waals surface area contributed by atoms with E-state index in [4.69, 9.17) is 4.42 Å². The van der Waals surface area contributed by atoms with Crippen molar-refractivity contribution in [1.82, 2.24) is 25.8 Å². The van der Waals surface area contributed by atoms with Crippen LogP contribution in [0.2, 0.25) is 0 Å². The van der Waals surface area contributed by atoms with Gasteiger partial charge in [0, 0.05) is 20.6 Å². The Labute approximate surface area is 190 Å². The van der Waals surface area contributed by atoms with Crippen LogP contribution in [0.15, 0.2) is 53.1 Å². The van der Waals surface area contributed by atoms with Gasteiger partial charge in [-0.1, -0.05) is 30.3 Å². The van der Waals surface area contributed by atoms with Crippen LogP contribution in [0.5, 0.6) is 0 Å². The van der Waals surface area contributed by atoms with E-state index in [9.17, 15) is 14.4 Å². The van der Waals surface area contributed by atoms with Crippen molar-refractivity contribution in [3.05, 3.63) is 60.1 Å². The largest absolute Gasteiger partial charge is 0.466 e. The number of thioether (sulfide) groups is 1. The molecule has 2 aromatic rings. The number of nitrogens with zero attached hydrogens (tertiary/aromatic N) is 2. The molecule has 4 rings (SSSR count). The molecule has 1 aromatic heterocycles. The number of hydrogen-bond donors (Lipinski definition) is 3. The number of furan rings is 1. The Bertz CT molecular complexity index is 954. The summed E-state index contributed by atoms with van der Waals surface area (Å²) in [5.41, 5.74) is 1.16. The third-order valence-electron chi connectivity index (χ3n) is 5.76. The van der Waals surface area contributed by atoms with Gasteiger partial charge in [-0.05, 0) is 24.1 Å². The van der Waals surface area contributed by atoms with Crippen LogP contribution in [0, 0.1) is 5.92 Å². The number of fused-ring (bicyclic) bond motifs is 1. The highest BCUT2D eigenvalue weighted by molar-refractivity contribution is 8.00. The number of carbonyl (C=O) groups is 3. The Morgan fingerprint density at radius 3 is 2.62 bits per heavy atom. The van der Waals surface area contributed by atoms with Crippen LogP contribution in [0.4, 0.5) is 4.79 Å². The molecule has 32 heavy (non-hydrogen) atoms. The van der Waals surface area contributed by atoms with Crippen LogP contribution in [0.1, 0.15) is 17.5 Å². The van der Waals surface area contributed by atoms with E-state index in [2.05, 4.69) is 16.0 Å². The number of hydrogen-bond acceptors (Lipinski definition) is 7. The third kappa shape index (κ3) is 4.67.